The summed E-state index contributed by atoms with van der Waals surface area (Å²) in [6.45, 7) is 3.62. The Balaban J connectivity index is 3.81. The molecule has 1 atom stereocenters. The van der Waals surface area contributed by atoms with Crippen LogP contribution in [0.25, 0.3) is 0 Å². The van der Waals surface area contributed by atoms with Gasteiger partial charge < -0.3 is 19.3 Å². The lowest BCUT2D eigenvalue weighted by molar-refractivity contribution is -0.161. The van der Waals surface area contributed by atoms with E-state index in [9.17, 15) is 14.2 Å². The van der Waals surface area contributed by atoms with Gasteiger partial charge in [-0.3, -0.25) is 14.1 Å². The summed E-state index contributed by atoms with van der Waals surface area (Å²) in [6.07, 6.45) is 43.5. The quantitative estimate of drug-likeness (QED) is 0.0276. The lowest BCUT2D eigenvalue weighted by atomic mass is 10.0. The van der Waals surface area contributed by atoms with Gasteiger partial charge in [-0.1, -0.05) is 167 Å². The molecule has 51 heavy (non-hydrogen) atoms. The predicted molar refractivity (Wildman–Crippen MR) is 212 cm³/mol. The maximum absolute atomic E-state index is 12.4. The number of phosphoric acid groups is 1. The monoisotopic (exact) mass is 743 g/mol. The van der Waals surface area contributed by atoms with E-state index in [2.05, 4.69) is 42.7 Å². The summed E-state index contributed by atoms with van der Waals surface area (Å²) in [5.41, 5.74) is 0. The van der Waals surface area contributed by atoms with Gasteiger partial charge in [0.2, 0.25) is 0 Å². The van der Waals surface area contributed by atoms with Crippen molar-refractivity contribution in [1.82, 2.24) is 0 Å². The van der Waals surface area contributed by atoms with Crippen LogP contribution in [0.1, 0.15) is 213 Å². The highest BCUT2D eigenvalue weighted by Crippen LogP contribution is 2.36. The minimum absolute atomic E-state index is 0.211. The first-order chi connectivity index (χ1) is 24.8. The van der Waals surface area contributed by atoms with Crippen molar-refractivity contribution in [2.75, 3.05) is 13.2 Å². The first kappa shape index (κ1) is 49.5. The Morgan fingerprint density at radius 2 is 0.863 bits per heavy atom. The van der Waals surface area contributed by atoms with Crippen LogP contribution in [0.2, 0.25) is 0 Å². The Labute approximate surface area is 313 Å². The molecule has 0 saturated carbocycles. The average Bonchev–Trinajstić information content (AvgIpc) is 3.10. The molecule has 1 unspecified atom stereocenters. The molecule has 300 valence electrons. The highest BCUT2D eigenvalue weighted by atomic mass is 31.2. The molecular weight excluding hydrogens is 663 g/mol. The van der Waals surface area contributed by atoms with E-state index < -0.39 is 32.5 Å². The van der Waals surface area contributed by atoms with Gasteiger partial charge in [0, 0.05) is 12.8 Å². The molecule has 0 radical (unpaired) electrons. The minimum Gasteiger partial charge on any atom is -0.462 e. The van der Waals surface area contributed by atoms with Gasteiger partial charge in [-0.2, -0.15) is 0 Å². The number of rotatable bonds is 39. The summed E-state index contributed by atoms with van der Waals surface area (Å²) in [5.74, 6) is -0.893. The molecule has 2 N–H and O–H groups in total. The fraction of sp³-hybridized carbons (Fsp3) is 0.857. The number of carbonyl (C=O) groups is 2. The average molecular weight is 743 g/mol. The van der Waals surface area contributed by atoms with Crippen LogP contribution in [-0.2, 0) is 28.2 Å². The van der Waals surface area contributed by atoms with E-state index in [1.54, 1.807) is 0 Å². The smallest absolute Gasteiger partial charge is 0.462 e. The Kier molecular flexibility index (Phi) is 37.2. The summed E-state index contributed by atoms with van der Waals surface area (Å²) in [6, 6.07) is 0. The Morgan fingerprint density at radius 1 is 0.490 bits per heavy atom. The number of esters is 2. The molecule has 0 fully saturated rings. The Morgan fingerprint density at radius 3 is 1.27 bits per heavy atom. The number of allylic oxidation sites excluding steroid dienone is 4. The van der Waals surface area contributed by atoms with Crippen molar-refractivity contribution in [3.8, 4) is 0 Å². The molecule has 0 rings (SSSR count). The maximum Gasteiger partial charge on any atom is 0.469 e. The second kappa shape index (κ2) is 38.3. The summed E-state index contributed by atoms with van der Waals surface area (Å²) < 4.78 is 26.3. The van der Waals surface area contributed by atoms with Crippen molar-refractivity contribution in [3.63, 3.8) is 0 Å². The SMILES string of the molecule is CCC/C=C\CCCCCCCC(=O)OCC(COP(=O)(O)O)OC(=O)CCCCCCCCCCCCC/C=C\CCCCCCCCCC. The van der Waals surface area contributed by atoms with Gasteiger partial charge >= 0.3 is 19.8 Å². The standard InChI is InChI=1S/C42H79O8P/c1-3-5-7-9-11-13-15-16-17-18-19-20-21-22-23-24-25-26-27-29-31-33-35-37-42(44)50-40(39-49-51(45,46)47)38-48-41(43)36-34-32-30-28-14-12-10-8-6-4-2/h8,10,18-19,40H,3-7,9,11-17,20-39H2,1-2H3,(H2,45,46,47)/b10-8-,19-18-. The third-order valence-corrected chi connectivity index (χ3v) is 9.66. The summed E-state index contributed by atoms with van der Waals surface area (Å²) in [7, 11) is -4.75. The first-order valence-corrected chi connectivity index (χ1v) is 22.7. The van der Waals surface area contributed by atoms with Crippen LogP contribution >= 0.6 is 7.82 Å². The summed E-state index contributed by atoms with van der Waals surface area (Å²) in [5, 5.41) is 0. The van der Waals surface area contributed by atoms with Crippen molar-refractivity contribution < 1.29 is 37.9 Å². The van der Waals surface area contributed by atoms with Crippen molar-refractivity contribution in [3.05, 3.63) is 24.3 Å². The molecule has 0 spiro atoms. The summed E-state index contributed by atoms with van der Waals surface area (Å²) >= 11 is 0. The number of ether oxygens (including phenoxy) is 2. The predicted octanol–water partition coefficient (Wildman–Crippen LogP) is 12.8. The zero-order valence-corrected chi connectivity index (χ0v) is 33.9. The number of hydrogen-bond acceptors (Lipinski definition) is 6. The van der Waals surface area contributed by atoms with Gasteiger partial charge in [0.15, 0.2) is 6.10 Å². The lowest BCUT2D eigenvalue weighted by Crippen LogP contribution is -2.29. The van der Waals surface area contributed by atoms with Crippen LogP contribution in [0.15, 0.2) is 24.3 Å². The molecule has 0 aliphatic rings. The number of unbranched alkanes of at least 4 members (excludes halogenated alkanes) is 25. The molecule has 9 heteroatoms. The summed E-state index contributed by atoms with van der Waals surface area (Å²) in [4.78, 5) is 42.7. The van der Waals surface area contributed by atoms with E-state index in [1.807, 2.05) is 0 Å². The van der Waals surface area contributed by atoms with Gasteiger partial charge in [0.1, 0.15) is 6.61 Å². The molecule has 0 bridgehead atoms. The molecule has 8 nitrogen and oxygen atoms in total. The van der Waals surface area contributed by atoms with Crippen molar-refractivity contribution in [2.45, 2.75) is 219 Å². The van der Waals surface area contributed by atoms with Crippen molar-refractivity contribution in [2.24, 2.45) is 0 Å². The molecular formula is C42H79O8P. The van der Waals surface area contributed by atoms with Crippen LogP contribution in [-0.4, -0.2) is 41.0 Å². The van der Waals surface area contributed by atoms with Gasteiger partial charge in [-0.15, -0.1) is 0 Å². The van der Waals surface area contributed by atoms with Gasteiger partial charge in [-0.25, -0.2) is 4.57 Å². The number of hydrogen-bond donors (Lipinski definition) is 2. The molecule has 0 aromatic heterocycles. The highest BCUT2D eigenvalue weighted by Gasteiger charge is 2.22. The maximum atomic E-state index is 12.4. The molecule has 0 heterocycles. The Hall–Kier alpha value is -1.47. The van der Waals surface area contributed by atoms with E-state index in [-0.39, 0.29) is 19.4 Å². The van der Waals surface area contributed by atoms with E-state index in [0.29, 0.717) is 12.8 Å². The van der Waals surface area contributed by atoms with Gasteiger partial charge in [0.05, 0.1) is 6.61 Å². The molecule has 0 aromatic carbocycles. The van der Waals surface area contributed by atoms with Gasteiger partial charge in [-0.05, 0) is 57.8 Å². The number of carbonyl (C=O) groups excluding carboxylic acids is 2. The fourth-order valence-electron chi connectivity index (χ4n) is 6.02. The largest absolute Gasteiger partial charge is 0.469 e. The number of phosphoric ester groups is 1. The second-order valence-electron chi connectivity index (χ2n) is 14.3. The minimum atomic E-state index is -4.75. The molecule has 0 aromatic rings. The zero-order chi connectivity index (χ0) is 37.5. The zero-order valence-electron chi connectivity index (χ0n) is 33.0. The van der Waals surface area contributed by atoms with Crippen molar-refractivity contribution in [1.29, 1.82) is 0 Å². The van der Waals surface area contributed by atoms with Crippen LogP contribution < -0.4 is 0 Å². The lowest BCUT2D eigenvalue weighted by Gasteiger charge is -2.18. The van der Waals surface area contributed by atoms with Crippen LogP contribution in [0.3, 0.4) is 0 Å². The highest BCUT2D eigenvalue weighted by molar-refractivity contribution is 7.46. The second-order valence-corrected chi connectivity index (χ2v) is 15.5. The molecule has 0 saturated heterocycles. The van der Waals surface area contributed by atoms with Gasteiger partial charge in [0.25, 0.3) is 0 Å². The first-order valence-electron chi connectivity index (χ1n) is 21.1. The fourth-order valence-corrected chi connectivity index (χ4v) is 6.38. The molecule has 0 aliphatic heterocycles. The normalized spacial score (nSPS) is 12.6. The topological polar surface area (TPSA) is 119 Å². The van der Waals surface area contributed by atoms with Crippen molar-refractivity contribution >= 4 is 19.8 Å². The molecule has 0 aliphatic carbocycles. The van der Waals surface area contributed by atoms with E-state index in [4.69, 9.17) is 19.3 Å². The van der Waals surface area contributed by atoms with E-state index in [0.717, 1.165) is 57.8 Å². The van der Waals surface area contributed by atoms with Crippen LogP contribution in [0.4, 0.5) is 0 Å². The Bertz CT molecular complexity index is 884. The third-order valence-electron chi connectivity index (χ3n) is 9.17. The van der Waals surface area contributed by atoms with E-state index >= 15 is 0 Å². The molecule has 0 amide bonds. The van der Waals surface area contributed by atoms with Crippen LogP contribution in [0, 0.1) is 0 Å². The third kappa shape index (κ3) is 41.2. The van der Waals surface area contributed by atoms with Crippen LogP contribution in [0.5, 0.6) is 0 Å². The van der Waals surface area contributed by atoms with E-state index in [1.165, 1.54) is 116 Å².